The first-order chi connectivity index (χ1) is 11.7. The van der Waals surface area contributed by atoms with Crippen molar-refractivity contribution >= 4 is 5.57 Å². The van der Waals surface area contributed by atoms with Crippen LogP contribution in [-0.2, 0) is 6.42 Å². The van der Waals surface area contributed by atoms with E-state index in [9.17, 15) is 17.6 Å². The van der Waals surface area contributed by atoms with Gasteiger partial charge in [0.25, 0.3) is 0 Å². The molecule has 1 N–H and O–H groups in total. The SMILES string of the molecule is CN/C(C#N)=C(\C)c1cc(F)cc(-c2ccc(CC(F)(F)F)cc2)c1. The lowest BCUT2D eigenvalue weighted by atomic mass is 9.97. The molecule has 0 aliphatic carbocycles. The summed E-state index contributed by atoms with van der Waals surface area (Å²) in [6.45, 7) is 1.69. The maximum atomic E-state index is 14.0. The monoisotopic (exact) mass is 348 g/mol. The number of nitrogens with one attached hydrogen (secondary N) is 1. The molecule has 0 saturated heterocycles. The summed E-state index contributed by atoms with van der Waals surface area (Å²) >= 11 is 0. The van der Waals surface area contributed by atoms with Gasteiger partial charge >= 0.3 is 6.18 Å². The van der Waals surface area contributed by atoms with Gasteiger partial charge in [-0.2, -0.15) is 18.4 Å². The number of hydrogen-bond acceptors (Lipinski definition) is 2. The van der Waals surface area contributed by atoms with Crippen molar-refractivity contribution in [1.82, 2.24) is 5.32 Å². The van der Waals surface area contributed by atoms with Gasteiger partial charge in [0.2, 0.25) is 0 Å². The fourth-order valence-corrected chi connectivity index (χ4v) is 2.49. The second kappa shape index (κ2) is 7.39. The largest absolute Gasteiger partial charge is 0.393 e. The van der Waals surface area contributed by atoms with Gasteiger partial charge < -0.3 is 5.32 Å². The van der Waals surface area contributed by atoms with E-state index in [1.807, 2.05) is 6.07 Å². The zero-order valence-electron chi connectivity index (χ0n) is 13.7. The van der Waals surface area contributed by atoms with Crippen LogP contribution in [0.15, 0.2) is 48.2 Å². The molecule has 0 fully saturated rings. The highest BCUT2D eigenvalue weighted by molar-refractivity contribution is 5.75. The van der Waals surface area contributed by atoms with Crippen LogP contribution in [0.3, 0.4) is 0 Å². The zero-order chi connectivity index (χ0) is 18.6. The molecule has 0 aliphatic heterocycles. The Kier molecular flexibility index (Phi) is 5.48. The van der Waals surface area contributed by atoms with Gasteiger partial charge in [0.1, 0.15) is 17.6 Å². The minimum Gasteiger partial charge on any atom is -0.379 e. The van der Waals surface area contributed by atoms with Crippen molar-refractivity contribution in [3.63, 3.8) is 0 Å². The maximum absolute atomic E-state index is 14.0. The molecule has 0 saturated carbocycles. The molecule has 2 nitrogen and oxygen atoms in total. The molecule has 0 aromatic heterocycles. The molecule has 25 heavy (non-hydrogen) atoms. The van der Waals surface area contributed by atoms with Crippen LogP contribution in [0.2, 0.25) is 0 Å². The van der Waals surface area contributed by atoms with Crippen molar-refractivity contribution in [2.45, 2.75) is 19.5 Å². The summed E-state index contributed by atoms with van der Waals surface area (Å²) in [6, 6.07) is 12.1. The summed E-state index contributed by atoms with van der Waals surface area (Å²) in [5, 5.41) is 11.8. The Balaban J connectivity index is 2.41. The quantitative estimate of drug-likeness (QED) is 0.618. The number of hydrogen-bond donors (Lipinski definition) is 1. The average molecular weight is 348 g/mol. The molecule has 2 aromatic carbocycles. The van der Waals surface area contributed by atoms with Crippen molar-refractivity contribution in [1.29, 1.82) is 5.26 Å². The molecule has 0 aliphatic rings. The Morgan fingerprint density at radius 3 is 2.24 bits per heavy atom. The Morgan fingerprint density at radius 2 is 1.72 bits per heavy atom. The number of alkyl halides is 3. The number of nitriles is 1. The van der Waals surface area contributed by atoms with Gasteiger partial charge in [0, 0.05) is 7.05 Å². The van der Waals surface area contributed by atoms with Gasteiger partial charge in [0.15, 0.2) is 0 Å². The molecule has 6 heteroatoms. The number of halogens is 4. The average Bonchev–Trinajstić information content (AvgIpc) is 2.54. The lowest BCUT2D eigenvalue weighted by Crippen LogP contribution is -2.11. The first kappa shape index (κ1) is 18.5. The van der Waals surface area contributed by atoms with Crippen LogP contribution in [0, 0.1) is 17.1 Å². The highest BCUT2D eigenvalue weighted by Crippen LogP contribution is 2.28. The minimum absolute atomic E-state index is 0.144. The molecule has 0 atom stereocenters. The van der Waals surface area contributed by atoms with Crippen molar-refractivity contribution in [3.8, 4) is 17.2 Å². The summed E-state index contributed by atoms with van der Waals surface area (Å²) in [7, 11) is 1.60. The van der Waals surface area contributed by atoms with E-state index in [2.05, 4.69) is 5.32 Å². The fraction of sp³-hybridized carbons (Fsp3) is 0.211. The summed E-state index contributed by atoms with van der Waals surface area (Å²) in [6.07, 6.45) is -5.27. The van der Waals surface area contributed by atoms with E-state index in [-0.39, 0.29) is 5.56 Å². The third-order valence-corrected chi connectivity index (χ3v) is 3.76. The standard InChI is InChI=1S/C19H16F4N2/c1-12(18(11-24)25-2)15-7-16(9-17(20)8-15)14-5-3-13(4-6-14)10-19(21,22)23/h3-9,25H,10H2,1-2H3/b18-12+. The molecule has 2 rings (SSSR count). The van der Waals surface area contributed by atoms with E-state index in [0.29, 0.717) is 28.0 Å². The van der Waals surface area contributed by atoms with Gasteiger partial charge in [-0.15, -0.1) is 0 Å². The molecular weight excluding hydrogens is 332 g/mol. The smallest absolute Gasteiger partial charge is 0.379 e. The van der Waals surface area contributed by atoms with E-state index in [4.69, 9.17) is 5.26 Å². The van der Waals surface area contributed by atoms with Gasteiger partial charge in [0.05, 0.1) is 6.42 Å². The first-order valence-electron chi connectivity index (χ1n) is 7.49. The van der Waals surface area contributed by atoms with Gasteiger partial charge in [-0.25, -0.2) is 4.39 Å². The second-order valence-electron chi connectivity index (χ2n) is 5.58. The third-order valence-electron chi connectivity index (χ3n) is 3.76. The number of allylic oxidation sites excluding steroid dienone is 2. The van der Waals surface area contributed by atoms with Crippen LogP contribution in [-0.4, -0.2) is 13.2 Å². The van der Waals surface area contributed by atoms with Crippen molar-refractivity contribution in [2.75, 3.05) is 7.05 Å². The highest BCUT2D eigenvalue weighted by atomic mass is 19.4. The Hall–Kier alpha value is -2.81. The van der Waals surface area contributed by atoms with Crippen molar-refractivity contribution < 1.29 is 17.6 Å². The van der Waals surface area contributed by atoms with E-state index in [0.717, 1.165) is 0 Å². The third kappa shape index (κ3) is 4.83. The maximum Gasteiger partial charge on any atom is 0.393 e. The zero-order valence-corrected chi connectivity index (χ0v) is 13.7. The number of nitrogens with zero attached hydrogens (tertiary/aromatic N) is 1. The Bertz CT molecular complexity index is 828. The van der Waals surface area contributed by atoms with Gasteiger partial charge in [-0.1, -0.05) is 24.3 Å². The van der Waals surface area contributed by atoms with Crippen LogP contribution in [0.1, 0.15) is 18.1 Å². The molecule has 0 radical (unpaired) electrons. The van der Waals surface area contributed by atoms with Crippen LogP contribution in [0.25, 0.3) is 16.7 Å². The van der Waals surface area contributed by atoms with E-state index in [1.54, 1.807) is 20.0 Å². The molecule has 0 unspecified atom stereocenters. The van der Waals surface area contributed by atoms with Crippen LogP contribution < -0.4 is 5.32 Å². The molecule has 0 heterocycles. The summed E-state index contributed by atoms with van der Waals surface area (Å²) in [5.41, 5.74) is 2.70. The lowest BCUT2D eigenvalue weighted by molar-refractivity contribution is -0.127. The van der Waals surface area contributed by atoms with E-state index >= 15 is 0 Å². The Morgan fingerprint density at radius 1 is 1.08 bits per heavy atom. The first-order valence-corrected chi connectivity index (χ1v) is 7.49. The molecular formula is C19H16F4N2. The van der Waals surface area contributed by atoms with Crippen molar-refractivity contribution in [2.24, 2.45) is 0 Å². The fourth-order valence-electron chi connectivity index (χ4n) is 2.49. The lowest BCUT2D eigenvalue weighted by Gasteiger charge is -2.10. The Labute approximate surface area is 143 Å². The van der Waals surface area contributed by atoms with Crippen LogP contribution >= 0.6 is 0 Å². The normalized spacial score (nSPS) is 12.4. The van der Waals surface area contributed by atoms with Gasteiger partial charge in [-0.05, 0) is 52.9 Å². The predicted molar refractivity (Wildman–Crippen MR) is 88.9 cm³/mol. The molecule has 0 spiro atoms. The summed E-state index contributed by atoms with van der Waals surface area (Å²) in [5.74, 6) is -0.486. The number of rotatable bonds is 4. The summed E-state index contributed by atoms with van der Waals surface area (Å²) in [4.78, 5) is 0. The topological polar surface area (TPSA) is 35.8 Å². The second-order valence-corrected chi connectivity index (χ2v) is 5.58. The molecule has 130 valence electrons. The highest BCUT2D eigenvalue weighted by Gasteiger charge is 2.27. The van der Waals surface area contributed by atoms with Crippen LogP contribution in [0.4, 0.5) is 17.6 Å². The molecule has 0 amide bonds. The molecule has 0 bridgehead atoms. The minimum atomic E-state index is -4.27. The summed E-state index contributed by atoms with van der Waals surface area (Å²) < 4.78 is 51.2. The van der Waals surface area contributed by atoms with Crippen LogP contribution in [0.5, 0.6) is 0 Å². The molecule has 2 aromatic rings. The van der Waals surface area contributed by atoms with E-state index < -0.39 is 18.4 Å². The van der Waals surface area contributed by atoms with E-state index in [1.165, 1.54) is 36.4 Å². The predicted octanol–water partition coefficient (Wildman–Crippen LogP) is 5.07. The van der Waals surface area contributed by atoms with Gasteiger partial charge in [-0.3, -0.25) is 0 Å². The van der Waals surface area contributed by atoms with Crippen molar-refractivity contribution in [3.05, 3.63) is 65.1 Å². The number of benzene rings is 2.